The molecule has 0 aliphatic carbocycles. The van der Waals surface area contributed by atoms with Crippen molar-refractivity contribution in [3.05, 3.63) is 48.3 Å². The largest absolute Gasteiger partial charge is 0.490 e. The van der Waals surface area contributed by atoms with E-state index in [1.165, 1.54) is 0 Å². The van der Waals surface area contributed by atoms with Crippen LogP contribution >= 0.6 is 0 Å². The molecule has 1 aromatic heterocycles. The van der Waals surface area contributed by atoms with E-state index >= 15 is 0 Å². The lowest BCUT2D eigenvalue weighted by atomic mass is 10.1. The number of nitrogens with one attached hydrogen (secondary N) is 2. The molecular formula is C18H25N5O. The highest BCUT2D eigenvalue weighted by atomic mass is 16.5. The van der Waals surface area contributed by atoms with E-state index in [9.17, 15) is 0 Å². The minimum Gasteiger partial charge on any atom is -0.490 e. The van der Waals surface area contributed by atoms with Crippen LogP contribution in [0.15, 0.2) is 47.6 Å². The van der Waals surface area contributed by atoms with E-state index in [1.807, 2.05) is 36.4 Å². The minimum absolute atomic E-state index is 0.277. The summed E-state index contributed by atoms with van der Waals surface area (Å²) in [5, 5.41) is 10.3. The average molecular weight is 327 g/mol. The summed E-state index contributed by atoms with van der Waals surface area (Å²) in [6.07, 6.45) is 4.04. The number of ether oxygens (including phenoxy) is 1. The fourth-order valence-electron chi connectivity index (χ4n) is 2.84. The first kappa shape index (κ1) is 16.4. The van der Waals surface area contributed by atoms with Gasteiger partial charge in [-0.3, -0.25) is 5.10 Å². The molecule has 2 N–H and O–H groups in total. The molecule has 1 fully saturated rings. The number of hydrogen-bond acceptors (Lipinski definition) is 3. The number of benzene rings is 1. The number of guanidine groups is 1. The Labute approximate surface area is 142 Å². The smallest absolute Gasteiger partial charge is 0.194 e. The van der Waals surface area contributed by atoms with Crippen LogP contribution in [0.2, 0.25) is 0 Å². The molecule has 1 aliphatic rings. The van der Waals surface area contributed by atoms with Gasteiger partial charge in [-0.15, -0.1) is 0 Å². The number of aromatic nitrogens is 2. The molecule has 0 unspecified atom stereocenters. The quantitative estimate of drug-likeness (QED) is 0.654. The fourth-order valence-corrected chi connectivity index (χ4v) is 2.84. The van der Waals surface area contributed by atoms with E-state index in [2.05, 4.69) is 27.3 Å². The summed E-state index contributed by atoms with van der Waals surface area (Å²) in [6.45, 7) is 5.47. The van der Waals surface area contributed by atoms with Crippen LogP contribution in [0.3, 0.4) is 0 Å². The van der Waals surface area contributed by atoms with E-state index in [0.717, 1.165) is 49.9 Å². The number of likely N-dealkylation sites (tertiary alicyclic amines) is 1. The van der Waals surface area contributed by atoms with Crippen molar-refractivity contribution < 1.29 is 4.74 Å². The molecule has 0 atom stereocenters. The van der Waals surface area contributed by atoms with Gasteiger partial charge in [0.25, 0.3) is 0 Å². The molecule has 2 heterocycles. The van der Waals surface area contributed by atoms with Crippen LogP contribution in [0.5, 0.6) is 5.75 Å². The van der Waals surface area contributed by atoms with Gasteiger partial charge in [-0.25, -0.2) is 4.99 Å². The van der Waals surface area contributed by atoms with E-state index in [0.29, 0.717) is 6.54 Å². The molecule has 0 radical (unpaired) electrons. The van der Waals surface area contributed by atoms with Crippen LogP contribution in [0.1, 0.15) is 25.5 Å². The summed E-state index contributed by atoms with van der Waals surface area (Å²) in [6, 6.07) is 12.0. The van der Waals surface area contributed by atoms with Crippen LogP contribution in [0.4, 0.5) is 0 Å². The highest BCUT2D eigenvalue weighted by Gasteiger charge is 2.22. The number of hydrogen-bond donors (Lipinski definition) is 2. The van der Waals surface area contributed by atoms with Gasteiger partial charge in [0.05, 0.1) is 12.2 Å². The average Bonchev–Trinajstić information content (AvgIpc) is 3.14. The van der Waals surface area contributed by atoms with Crippen molar-refractivity contribution in [2.45, 2.75) is 32.4 Å². The van der Waals surface area contributed by atoms with Gasteiger partial charge in [0, 0.05) is 38.7 Å². The van der Waals surface area contributed by atoms with Crippen molar-refractivity contribution in [3.8, 4) is 5.75 Å². The summed E-state index contributed by atoms with van der Waals surface area (Å²) in [4.78, 5) is 7.02. The SMILES string of the molecule is CCNC(=NCc1ccn[nH]1)N1CCC(Oc2ccccc2)CC1. The summed E-state index contributed by atoms with van der Waals surface area (Å²) >= 11 is 0. The molecule has 0 bridgehead atoms. The summed E-state index contributed by atoms with van der Waals surface area (Å²) in [5.74, 6) is 1.92. The summed E-state index contributed by atoms with van der Waals surface area (Å²) in [5.41, 5.74) is 1.02. The maximum atomic E-state index is 6.06. The van der Waals surface area contributed by atoms with E-state index in [-0.39, 0.29) is 6.10 Å². The van der Waals surface area contributed by atoms with Crippen LogP contribution in [-0.2, 0) is 6.54 Å². The second kappa shape index (κ2) is 8.38. The molecule has 0 spiro atoms. The lowest BCUT2D eigenvalue weighted by molar-refractivity contribution is 0.129. The number of rotatable bonds is 5. The maximum absolute atomic E-state index is 6.06. The fraction of sp³-hybridized carbons (Fsp3) is 0.444. The summed E-state index contributed by atoms with van der Waals surface area (Å²) < 4.78 is 6.06. The summed E-state index contributed by atoms with van der Waals surface area (Å²) in [7, 11) is 0. The molecule has 1 aliphatic heterocycles. The van der Waals surface area contributed by atoms with Crippen molar-refractivity contribution in [1.29, 1.82) is 0 Å². The number of aromatic amines is 1. The van der Waals surface area contributed by atoms with Crippen LogP contribution in [-0.4, -0.2) is 46.8 Å². The topological polar surface area (TPSA) is 65.5 Å². The molecule has 3 rings (SSSR count). The second-order valence-corrected chi connectivity index (χ2v) is 5.87. The Morgan fingerprint density at radius 2 is 2.08 bits per heavy atom. The van der Waals surface area contributed by atoms with Crippen molar-refractivity contribution in [2.75, 3.05) is 19.6 Å². The normalized spacial score (nSPS) is 16.2. The lowest BCUT2D eigenvalue weighted by Gasteiger charge is -2.34. The predicted molar refractivity (Wildman–Crippen MR) is 95.1 cm³/mol. The van der Waals surface area contributed by atoms with Gasteiger partial charge in [0.1, 0.15) is 11.9 Å². The Bertz CT molecular complexity index is 618. The third-order valence-electron chi connectivity index (χ3n) is 4.08. The molecule has 128 valence electrons. The zero-order valence-corrected chi connectivity index (χ0v) is 14.1. The molecule has 0 saturated carbocycles. The highest BCUT2D eigenvalue weighted by Crippen LogP contribution is 2.18. The monoisotopic (exact) mass is 327 g/mol. The predicted octanol–water partition coefficient (Wildman–Crippen LogP) is 2.42. The maximum Gasteiger partial charge on any atom is 0.194 e. The Kier molecular flexibility index (Phi) is 5.71. The van der Waals surface area contributed by atoms with Crippen molar-refractivity contribution in [3.63, 3.8) is 0 Å². The molecule has 2 aromatic rings. The third kappa shape index (κ3) is 4.50. The lowest BCUT2D eigenvalue weighted by Crippen LogP contribution is -2.47. The molecule has 1 saturated heterocycles. The molecule has 6 heteroatoms. The molecule has 6 nitrogen and oxygen atoms in total. The first-order valence-corrected chi connectivity index (χ1v) is 8.58. The zero-order chi connectivity index (χ0) is 16.6. The first-order chi connectivity index (χ1) is 11.8. The van der Waals surface area contributed by atoms with E-state index in [4.69, 9.17) is 9.73 Å². The standard InChI is InChI=1S/C18H25N5O/c1-2-19-18(20-14-15-8-11-21-22-15)23-12-9-17(10-13-23)24-16-6-4-3-5-7-16/h3-8,11,17H,2,9-10,12-14H2,1H3,(H,19,20)(H,21,22). The molecule has 1 aromatic carbocycles. The Hall–Kier alpha value is -2.50. The third-order valence-corrected chi connectivity index (χ3v) is 4.08. The second-order valence-electron chi connectivity index (χ2n) is 5.87. The molecule has 24 heavy (non-hydrogen) atoms. The Balaban J connectivity index is 1.54. The van der Waals surface area contributed by atoms with Gasteiger partial charge in [0.15, 0.2) is 5.96 Å². The molecule has 0 amide bonds. The zero-order valence-electron chi connectivity index (χ0n) is 14.1. The van der Waals surface area contributed by atoms with Gasteiger partial charge in [-0.2, -0.15) is 5.10 Å². The van der Waals surface area contributed by atoms with Crippen molar-refractivity contribution >= 4 is 5.96 Å². The number of para-hydroxylation sites is 1. The number of H-pyrrole nitrogens is 1. The highest BCUT2D eigenvalue weighted by molar-refractivity contribution is 5.80. The number of aliphatic imine (C=N–C) groups is 1. The van der Waals surface area contributed by atoms with Crippen LogP contribution in [0.25, 0.3) is 0 Å². The van der Waals surface area contributed by atoms with Crippen molar-refractivity contribution in [2.24, 2.45) is 4.99 Å². The molecular weight excluding hydrogens is 302 g/mol. The van der Waals surface area contributed by atoms with E-state index < -0.39 is 0 Å². The van der Waals surface area contributed by atoms with Crippen LogP contribution < -0.4 is 10.1 Å². The van der Waals surface area contributed by atoms with E-state index in [1.54, 1.807) is 6.20 Å². The van der Waals surface area contributed by atoms with Crippen molar-refractivity contribution in [1.82, 2.24) is 20.4 Å². The first-order valence-electron chi connectivity index (χ1n) is 8.58. The van der Waals surface area contributed by atoms with Gasteiger partial charge >= 0.3 is 0 Å². The van der Waals surface area contributed by atoms with Gasteiger partial charge < -0.3 is 15.0 Å². The number of nitrogens with zero attached hydrogens (tertiary/aromatic N) is 3. The van der Waals surface area contributed by atoms with Crippen LogP contribution in [0, 0.1) is 0 Å². The Morgan fingerprint density at radius 3 is 2.75 bits per heavy atom. The Morgan fingerprint density at radius 1 is 1.29 bits per heavy atom. The number of piperidine rings is 1. The van der Waals surface area contributed by atoms with Gasteiger partial charge in [-0.1, -0.05) is 18.2 Å². The minimum atomic E-state index is 0.277. The van der Waals surface area contributed by atoms with Gasteiger partial charge in [0.2, 0.25) is 0 Å². The van der Waals surface area contributed by atoms with Gasteiger partial charge in [-0.05, 0) is 25.1 Å².